The molecule has 1 aliphatic rings. The molecule has 1 aliphatic carbocycles. The highest BCUT2D eigenvalue weighted by molar-refractivity contribution is 7.85. The van der Waals surface area contributed by atoms with E-state index in [2.05, 4.69) is 11.9 Å². The monoisotopic (exact) mass is 238 g/mol. The highest BCUT2D eigenvalue weighted by atomic mass is 32.2. The van der Waals surface area contributed by atoms with Crippen LogP contribution in [0.3, 0.4) is 0 Å². The molecule has 2 rings (SSSR count). The normalized spacial score (nSPS) is 27.6. The Morgan fingerprint density at radius 2 is 2.06 bits per heavy atom. The third-order valence-electron chi connectivity index (χ3n) is 3.29. The van der Waals surface area contributed by atoms with Gasteiger partial charge in [-0.2, -0.15) is 0 Å². The topological polar surface area (TPSA) is 56.0 Å². The Balaban J connectivity index is 2.11. The molecule has 1 aromatic rings. The molecule has 0 radical (unpaired) electrons. The van der Waals surface area contributed by atoms with Crippen LogP contribution in [-0.4, -0.2) is 14.4 Å². The van der Waals surface area contributed by atoms with E-state index >= 15 is 0 Å². The second-order valence-electron chi connectivity index (χ2n) is 4.59. The molecule has 0 spiro atoms. The highest BCUT2D eigenvalue weighted by Gasteiger charge is 2.25. The van der Waals surface area contributed by atoms with Crippen LogP contribution in [0.25, 0.3) is 0 Å². The Labute approximate surface area is 98.9 Å². The SMILES string of the molecule is CC1CCC(S(=O)c2ccncc2N)CC1. The third kappa shape index (κ3) is 2.43. The number of rotatable bonds is 2. The van der Waals surface area contributed by atoms with E-state index in [9.17, 15) is 4.21 Å². The molecule has 1 aromatic heterocycles. The molecule has 2 N–H and O–H groups in total. The van der Waals surface area contributed by atoms with E-state index in [0.29, 0.717) is 5.69 Å². The Bertz CT molecular complexity index is 386. The van der Waals surface area contributed by atoms with Crippen molar-refractivity contribution in [1.82, 2.24) is 4.98 Å². The first-order chi connectivity index (χ1) is 7.68. The maximum Gasteiger partial charge on any atom is 0.0664 e. The van der Waals surface area contributed by atoms with Crippen LogP contribution in [0.2, 0.25) is 0 Å². The molecule has 1 atom stereocenters. The van der Waals surface area contributed by atoms with Gasteiger partial charge in [-0.3, -0.25) is 9.19 Å². The molecule has 1 unspecified atom stereocenters. The zero-order chi connectivity index (χ0) is 11.5. The summed E-state index contributed by atoms with van der Waals surface area (Å²) >= 11 is 0. The molecule has 0 aromatic carbocycles. The van der Waals surface area contributed by atoms with Crippen molar-refractivity contribution in [2.24, 2.45) is 5.92 Å². The predicted octanol–water partition coefficient (Wildman–Crippen LogP) is 2.35. The molecule has 0 aliphatic heterocycles. The molecular weight excluding hydrogens is 220 g/mol. The van der Waals surface area contributed by atoms with Crippen LogP contribution in [-0.2, 0) is 10.8 Å². The van der Waals surface area contributed by atoms with Gasteiger partial charge < -0.3 is 5.73 Å². The van der Waals surface area contributed by atoms with E-state index in [1.165, 1.54) is 12.8 Å². The molecular formula is C12H18N2OS. The van der Waals surface area contributed by atoms with Gasteiger partial charge in [-0.05, 0) is 37.7 Å². The van der Waals surface area contributed by atoms with Crippen molar-refractivity contribution < 1.29 is 4.21 Å². The average molecular weight is 238 g/mol. The summed E-state index contributed by atoms with van der Waals surface area (Å²) in [6.07, 6.45) is 7.71. The summed E-state index contributed by atoms with van der Waals surface area (Å²) in [6, 6.07) is 1.78. The predicted molar refractivity (Wildman–Crippen MR) is 66.5 cm³/mol. The molecule has 88 valence electrons. The van der Waals surface area contributed by atoms with E-state index < -0.39 is 10.8 Å². The lowest BCUT2D eigenvalue weighted by atomic mass is 9.91. The number of hydrogen-bond donors (Lipinski definition) is 1. The average Bonchev–Trinajstić information content (AvgIpc) is 2.30. The summed E-state index contributed by atoms with van der Waals surface area (Å²) in [5.41, 5.74) is 6.35. The van der Waals surface area contributed by atoms with Crippen molar-refractivity contribution in [3.63, 3.8) is 0 Å². The third-order valence-corrected chi connectivity index (χ3v) is 5.17. The first-order valence-corrected chi connectivity index (χ1v) is 7.00. The van der Waals surface area contributed by atoms with Crippen LogP contribution in [0.1, 0.15) is 32.6 Å². The Morgan fingerprint density at radius 1 is 1.38 bits per heavy atom. The van der Waals surface area contributed by atoms with Gasteiger partial charge in [0.05, 0.1) is 27.6 Å². The van der Waals surface area contributed by atoms with Crippen molar-refractivity contribution in [1.29, 1.82) is 0 Å². The summed E-state index contributed by atoms with van der Waals surface area (Å²) in [4.78, 5) is 4.68. The number of aromatic nitrogens is 1. The minimum absolute atomic E-state index is 0.279. The maximum absolute atomic E-state index is 12.3. The summed E-state index contributed by atoms with van der Waals surface area (Å²) in [5.74, 6) is 0.781. The summed E-state index contributed by atoms with van der Waals surface area (Å²) in [7, 11) is -0.961. The number of nitrogens with zero attached hydrogens (tertiary/aromatic N) is 1. The van der Waals surface area contributed by atoms with Crippen molar-refractivity contribution in [3.05, 3.63) is 18.5 Å². The van der Waals surface area contributed by atoms with Gasteiger partial charge in [-0.25, -0.2) is 0 Å². The van der Waals surface area contributed by atoms with E-state index in [-0.39, 0.29) is 5.25 Å². The van der Waals surface area contributed by atoms with E-state index in [1.807, 2.05) is 0 Å². The number of hydrogen-bond acceptors (Lipinski definition) is 3. The molecule has 0 saturated heterocycles. The number of anilines is 1. The summed E-state index contributed by atoms with van der Waals surface area (Å²) in [5, 5.41) is 0.279. The molecule has 1 fully saturated rings. The Hall–Kier alpha value is -0.900. The fourth-order valence-electron chi connectivity index (χ4n) is 2.20. The lowest BCUT2D eigenvalue weighted by Crippen LogP contribution is -2.22. The fraction of sp³-hybridized carbons (Fsp3) is 0.583. The largest absolute Gasteiger partial charge is 0.396 e. The molecule has 1 saturated carbocycles. The lowest BCUT2D eigenvalue weighted by molar-refractivity contribution is 0.389. The Morgan fingerprint density at radius 3 is 2.69 bits per heavy atom. The van der Waals surface area contributed by atoms with Gasteiger partial charge in [-0.15, -0.1) is 0 Å². The van der Waals surface area contributed by atoms with Gasteiger partial charge in [0.1, 0.15) is 0 Å². The number of pyridine rings is 1. The van der Waals surface area contributed by atoms with Crippen molar-refractivity contribution in [2.75, 3.05) is 5.73 Å². The van der Waals surface area contributed by atoms with Crippen molar-refractivity contribution in [2.45, 2.75) is 42.8 Å². The van der Waals surface area contributed by atoms with Crippen LogP contribution < -0.4 is 5.73 Å². The first-order valence-electron chi connectivity index (χ1n) is 5.78. The van der Waals surface area contributed by atoms with Gasteiger partial charge >= 0.3 is 0 Å². The standard InChI is InChI=1S/C12H18N2OS/c1-9-2-4-10(5-3-9)16(15)12-6-7-14-8-11(12)13/h6-10H,2-5,13H2,1H3. The second kappa shape index (κ2) is 4.95. The van der Waals surface area contributed by atoms with Crippen LogP contribution >= 0.6 is 0 Å². The van der Waals surface area contributed by atoms with Crippen molar-refractivity contribution in [3.8, 4) is 0 Å². The first kappa shape index (κ1) is 11.6. The van der Waals surface area contributed by atoms with Gasteiger partial charge in [0, 0.05) is 11.4 Å². The van der Waals surface area contributed by atoms with Gasteiger partial charge in [0.2, 0.25) is 0 Å². The van der Waals surface area contributed by atoms with Crippen LogP contribution in [0, 0.1) is 5.92 Å². The molecule has 4 heteroatoms. The van der Waals surface area contributed by atoms with E-state index in [1.54, 1.807) is 18.5 Å². The quantitative estimate of drug-likeness (QED) is 0.860. The zero-order valence-electron chi connectivity index (χ0n) is 9.56. The molecule has 1 heterocycles. The lowest BCUT2D eigenvalue weighted by Gasteiger charge is -2.25. The zero-order valence-corrected chi connectivity index (χ0v) is 10.4. The van der Waals surface area contributed by atoms with Gasteiger partial charge in [-0.1, -0.05) is 6.92 Å². The number of nitrogens with two attached hydrogens (primary N) is 1. The van der Waals surface area contributed by atoms with E-state index in [0.717, 1.165) is 23.7 Å². The second-order valence-corrected chi connectivity index (χ2v) is 6.29. The molecule has 0 bridgehead atoms. The minimum Gasteiger partial charge on any atom is -0.396 e. The van der Waals surface area contributed by atoms with Crippen molar-refractivity contribution >= 4 is 16.5 Å². The fourth-order valence-corrected chi connectivity index (χ4v) is 3.74. The Kier molecular flexibility index (Phi) is 3.59. The summed E-state index contributed by atoms with van der Waals surface area (Å²) < 4.78 is 12.3. The number of nitrogen functional groups attached to an aromatic ring is 1. The van der Waals surface area contributed by atoms with Gasteiger partial charge in [0.15, 0.2) is 0 Å². The van der Waals surface area contributed by atoms with Crippen LogP contribution in [0.5, 0.6) is 0 Å². The molecule has 0 amide bonds. The highest BCUT2D eigenvalue weighted by Crippen LogP contribution is 2.30. The van der Waals surface area contributed by atoms with Crippen LogP contribution in [0.15, 0.2) is 23.4 Å². The molecule has 16 heavy (non-hydrogen) atoms. The smallest absolute Gasteiger partial charge is 0.0664 e. The summed E-state index contributed by atoms with van der Waals surface area (Å²) in [6.45, 7) is 2.26. The van der Waals surface area contributed by atoms with E-state index in [4.69, 9.17) is 5.73 Å². The van der Waals surface area contributed by atoms with Gasteiger partial charge in [0.25, 0.3) is 0 Å². The van der Waals surface area contributed by atoms with Crippen LogP contribution in [0.4, 0.5) is 5.69 Å². The maximum atomic E-state index is 12.3. The minimum atomic E-state index is -0.961. The molecule has 3 nitrogen and oxygen atoms in total.